The molecule has 0 spiro atoms. The summed E-state index contributed by atoms with van der Waals surface area (Å²) < 4.78 is 6.80. The Labute approximate surface area is 169 Å². The Morgan fingerprint density at radius 1 is 1.14 bits per heavy atom. The zero-order chi connectivity index (χ0) is 20.3. The first-order valence-corrected chi connectivity index (χ1v) is 9.98. The van der Waals surface area contributed by atoms with Crippen LogP contribution < -0.4 is 15.6 Å². The fraction of sp³-hybridized carbons (Fsp3) is 0.348. The third-order valence-corrected chi connectivity index (χ3v) is 5.92. The lowest BCUT2D eigenvalue weighted by Gasteiger charge is -2.31. The molecule has 2 aromatic carbocycles. The maximum Gasteiger partial charge on any atom is 0.275 e. The third kappa shape index (κ3) is 3.75. The number of methoxy groups -OCH3 is 1. The second-order valence-electron chi connectivity index (χ2n) is 7.66. The summed E-state index contributed by atoms with van der Waals surface area (Å²) in [7, 11) is 1.68. The Kier molecular flexibility index (Phi) is 5.34. The molecule has 6 heteroatoms. The molecule has 1 aliphatic carbocycles. The van der Waals surface area contributed by atoms with Crippen LogP contribution in [0.3, 0.4) is 0 Å². The topological polar surface area (TPSA) is 73.2 Å². The number of amides is 1. The lowest BCUT2D eigenvalue weighted by molar-refractivity contribution is -0.122. The van der Waals surface area contributed by atoms with Crippen LogP contribution in [0.25, 0.3) is 10.8 Å². The first kappa shape index (κ1) is 19.2. The third-order valence-electron chi connectivity index (χ3n) is 5.92. The van der Waals surface area contributed by atoms with E-state index in [1.807, 2.05) is 36.4 Å². The first-order chi connectivity index (χ1) is 14.1. The number of nitrogens with zero attached hydrogens (tertiary/aromatic N) is 2. The lowest BCUT2D eigenvalue weighted by Crippen LogP contribution is -2.41. The Hall–Kier alpha value is -3.15. The summed E-state index contributed by atoms with van der Waals surface area (Å²) in [5, 5.41) is 8.54. The molecular weight excluding hydrogens is 366 g/mol. The highest BCUT2D eigenvalue weighted by atomic mass is 16.5. The van der Waals surface area contributed by atoms with E-state index < -0.39 is 0 Å². The number of hydrogen-bond acceptors (Lipinski definition) is 4. The van der Waals surface area contributed by atoms with Crippen LogP contribution in [0, 0.1) is 0 Å². The Bertz CT molecular complexity index is 1080. The van der Waals surface area contributed by atoms with Gasteiger partial charge in [0.15, 0.2) is 0 Å². The number of nitrogens with one attached hydrogen (secondary N) is 1. The molecule has 1 fully saturated rings. The molecule has 1 aliphatic rings. The van der Waals surface area contributed by atoms with Crippen molar-refractivity contribution in [1.29, 1.82) is 0 Å². The second-order valence-corrected chi connectivity index (χ2v) is 7.66. The SMILES string of the molecule is COc1ccccc1C1(CNC(=O)Cn2ncc3ccccc3c2=O)CCCC1. The summed E-state index contributed by atoms with van der Waals surface area (Å²) in [6.07, 6.45) is 5.88. The van der Waals surface area contributed by atoms with Gasteiger partial charge >= 0.3 is 0 Å². The van der Waals surface area contributed by atoms with Crippen molar-refractivity contribution >= 4 is 16.7 Å². The molecule has 150 valence electrons. The van der Waals surface area contributed by atoms with Crippen molar-refractivity contribution < 1.29 is 9.53 Å². The highest BCUT2D eigenvalue weighted by Gasteiger charge is 2.38. The van der Waals surface area contributed by atoms with Crippen molar-refractivity contribution in [1.82, 2.24) is 15.1 Å². The Balaban J connectivity index is 1.51. The number of hydrogen-bond donors (Lipinski definition) is 1. The van der Waals surface area contributed by atoms with Crippen LogP contribution in [0.2, 0.25) is 0 Å². The van der Waals surface area contributed by atoms with Crippen LogP contribution in [-0.4, -0.2) is 29.3 Å². The number of rotatable bonds is 6. The van der Waals surface area contributed by atoms with Crippen LogP contribution in [0.4, 0.5) is 0 Å². The lowest BCUT2D eigenvalue weighted by atomic mass is 9.78. The van der Waals surface area contributed by atoms with E-state index in [2.05, 4.69) is 16.5 Å². The molecule has 3 aromatic rings. The number of ether oxygens (including phenoxy) is 1. The number of benzene rings is 2. The van der Waals surface area contributed by atoms with Crippen molar-refractivity contribution in [3.8, 4) is 5.75 Å². The molecule has 1 amide bonds. The van der Waals surface area contributed by atoms with E-state index in [-0.39, 0.29) is 23.4 Å². The van der Waals surface area contributed by atoms with E-state index >= 15 is 0 Å². The van der Waals surface area contributed by atoms with Gasteiger partial charge in [0, 0.05) is 22.9 Å². The number of para-hydroxylation sites is 1. The van der Waals surface area contributed by atoms with Crippen molar-refractivity contribution in [3.63, 3.8) is 0 Å². The summed E-state index contributed by atoms with van der Waals surface area (Å²) in [6, 6.07) is 15.3. The highest BCUT2D eigenvalue weighted by Crippen LogP contribution is 2.44. The predicted octanol–water partition coefficient (Wildman–Crippen LogP) is 3.03. The fourth-order valence-corrected chi connectivity index (χ4v) is 4.38. The van der Waals surface area contributed by atoms with Gasteiger partial charge < -0.3 is 10.1 Å². The van der Waals surface area contributed by atoms with Gasteiger partial charge in [-0.25, -0.2) is 4.68 Å². The van der Waals surface area contributed by atoms with Gasteiger partial charge in [-0.15, -0.1) is 0 Å². The largest absolute Gasteiger partial charge is 0.496 e. The van der Waals surface area contributed by atoms with Gasteiger partial charge in [0.1, 0.15) is 12.3 Å². The summed E-state index contributed by atoms with van der Waals surface area (Å²) in [4.78, 5) is 25.2. The minimum atomic E-state index is -0.251. The fourth-order valence-electron chi connectivity index (χ4n) is 4.38. The molecule has 1 aromatic heterocycles. The molecule has 0 unspecified atom stereocenters. The van der Waals surface area contributed by atoms with Gasteiger partial charge in [-0.05, 0) is 25.0 Å². The van der Waals surface area contributed by atoms with Crippen LogP contribution in [-0.2, 0) is 16.8 Å². The van der Waals surface area contributed by atoms with Crippen LogP contribution in [0.15, 0.2) is 59.5 Å². The smallest absolute Gasteiger partial charge is 0.275 e. The van der Waals surface area contributed by atoms with Crippen molar-refractivity contribution in [3.05, 3.63) is 70.6 Å². The summed E-state index contributed by atoms with van der Waals surface area (Å²) in [6.45, 7) is 0.431. The quantitative estimate of drug-likeness (QED) is 0.701. The molecule has 0 atom stereocenters. The molecule has 29 heavy (non-hydrogen) atoms. The number of carbonyl (C=O) groups is 1. The van der Waals surface area contributed by atoms with Gasteiger partial charge in [0.2, 0.25) is 5.91 Å². The molecular formula is C23H25N3O3. The van der Waals surface area contributed by atoms with E-state index in [0.29, 0.717) is 11.9 Å². The van der Waals surface area contributed by atoms with E-state index in [1.165, 1.54) is 4.68 Å². The zero-order valence-electron chi connectivity index (χ0n) is 16.6. The van der Waals surface area contributed by atoms with Crippen LogP contribution in [0.1, 0.15) is 31.2 Å². The maximum absolute atomic E-state index is 12.6. The summed E-state index contributed by atoms with van der Waals surface area (Å²) >= 11 is 0. The minimum absolute atomic E-state index is 0.0916. The summed E-state index contributed by atoms with van der Waals surface area (Å²) in [5.41, 5.74) is 0.754. The minimum Gasteiger partial charge on any atom is -0.496 e. The van der Waals surface area contributed by atoms with Crippen molar-refractivity contribution in [2.24, 2.45) is 0 Å². The monoisotopic (exact) mass is 391 g/mol. The zero-order valence-corrected chi connectivity index (χ0v) is 16.6. The van der Waals surface area contributed by atoms with Crippen LogP contribution in [0.5, 0.6) is 5.75 Å². The molecule has 1 saturated carbocycles. The molecule has 0 saturated heterocycles. The summed E-state index contributed by atoms with van der Waals surface area (Å²) in [5.74, 6) is 0.645. The van der Waals surface area contributed by atoms with Gasteiger partial charge in [-0.2, -0.15) is 5.10 Å². The van der Waals surface area contributed by atoms with E-state index in [1.54, 1.807) is 19.4 Å². The van der Waals surface area contributed by atoms with E-state index in [0.717, 1.165) is 42.4 Å². The average molecular weight is 391 g/mol. The van der Waals surface area contributed by atoms with E-state index in [9.17, 15) is 9.59 Å². The molecule has 0 aliphatic heterocycles. The molecule has 1 N–H and O–H groups in total. The van der Waals surface area contributed by atoms with Crippen LogP contribution >= 0.6 is 0 Å². The standard InChI is InChI=1S/C23H25N3O3/c1-29-20-11-5-4-10-19(20)23(12-6-7-13-23)16-24-21(27)15-26-22(28)18-9-3-2-8-17(18)14-25-26/h2-5,8-11,14H,6-7,12-13,15-16H2,1H3,(H,24,27). The van der Waals surface area contributed by atoms with E-state index in [4.69, 9.17) is 4.74 Å². The second kappa shape index (κ2) is 8.07. The van der Waals surface area contributed by atoms with Crippen molar-refractivity contribution in [2.75, 3.05) is 13.7 Å². The number of fused-ring (bicyclic) bond motifs is 1. The predicted molar refractivity (Wildman–Crippen MR) is 112 cm³/mol. The Morgan fingerprint density at radius 3 is 2.66 bits per heavy atom. The molecule has 0 bridgehead atoms. The van der Waals surface area contributed by atoms with Gasteiger partial charge in [-0.1, -0.05) is 49.2 Å². The van der Waals surface area contributed by atoms with Gasteiger partial charge in [0.05, 0.1) is 18.7 Å². The molecule has 4 rings (SSSR count). The maximum atomic E-state index is 12.6. The number of aromatic nitrogens is 2. The van der Waals surface area contributed by atoms with Crippen molar-refractivity contribution in [2.45, 2.75) is 37.6 Å². The Morgan fingerprint density at radius 2 is 1.86 bits per heavy atom. The molecule has 6 nitrogen and oxygen atoms in total. The number of carbonyl (C=O) groups excluding carboxylic acids is 1. The molecule has 1 heterocycles. The van der Waals surface area contributed by atoms with Gasteiger partial charge in [-0.3, -0.25) is 9.59 Å². The average Bonchev–Trinajstić information content (AvgIpc) is 3.24. The highest BCUT2D eigenvalue weighted by molar-refractivity contribution is 5.81. The normalized spacial score (nSPS) is 15.3. The molecule has 0 radical (unpaired) electrons. The first-order valence-electron chi connectivity index (χ1n) is 9.98. The van der Waals surface area contributed by atoms with Gasteiger partial charge in [0.25, 0.3) is 5.56 Å².